The van der Waals surface area contributed by atoms with Crippen molar-refractivity contribution in [3.05, 3.63) is 0 Å². The molecule has 2 fully saturated rings. The Bertz CT molecular complexity index is 178. The molecule has 3 heteroatoms. The van der Waals surface area contributed by atoms with Crippen molar-refractivity contribution < 1.29 is 4.74 Å². The van der Waals surface area contributed by atoms with E-state index < -0.39 is 0 Å². The first-order valence-corrected chi connectivity index (χ1v) is 5.37. The first-order valence-electron chi connectivity index (χ1n) is 5.37. The molecule has 0 amide bonds. The molecule has 0 aromatic rings. The number of nitrogens with one attached hydrogen (secondary N) is 1. The summed E-state index contributed by atoms with van der Waals surface area (Å²) >= 11 is 0. The molecule has 13 heavy (non-hydrogen) atoms. The van der Waals surface area contributed by atoms with Crippen molar-refractivity contribution in [2.24, 2.45) is 11.1 Å². The zero-order chi connectivity index (χ0) is 9.31. The number of nitrogens with two attached hydrogens (primary N) is 1. The van der Waals surface area contributed by atoms with Crippen LogP contribution in [0.2, 0.25) is 0 Å². The third kappa shape index (κ3) is 1.39. The molecule has 2 aliphatic heterocycles. The summed E-state index contributed by atoms with van der Waals surface area (Å²) in [5.74, 6) is 0. The molecule has 0 aliphatic carbocycles. The second-order valence-corrected chi connectivity index (χ2v) is 4.32. The Balaban J connectivity index is 2.14. The molecule has 3 N–H and O–H groups in total. The van der Waals surface area contributed by atoms with Gasteiger partial charge >= 0.3 is 0 Å². The van der Waals surface area contributed by atoms with Gasteiger partial charge in [0.1, 0.15) is 0 Å². The molecule has 3 nitrogen and oxygen atoms in total. The normalized spacial score (nSPS) is 38.3. The number of hydrogen-bond donors (Lipinski definition) is 2. The Morgan fingerprint density at radius 3 is 2.77 bits per heavy atom. The summed E-state index contributed by atoms with van der Waals surface area (Å²) in [6.45, 7) is 5.17. The van der Waals surface area contributed by atoms with E-state index in [1.54, 1.807) is 0 Å². The fourth-order valence-electron chi connectivity index (χ4n) is 2.90. The lowest BCUT2D eigenvalue weighted by molar-refractivity contribution is 0.0277. The number of hydrogen-bond acceptors (Lipinski definition) is 3. The van der Waals surface area contributed by atoms with Crippen LogP contribution in [0.15, 0.2) is 0 Å². The third-order valence-corrected chi connectivity index (χ3v) is 3.76. The SMILES string of the molecule is CCC1OCC(N)C12CCNCC2. The Labute approximate surface area is 80.0 Å². The first-order chi connectivity index (χ1) is 6.29. The molecule has 2 heterocycles. The standard InChI is InChI=1S/C10H20N2O/c1-2-9-10(8(11)7-13-9)3-5-12-6-4-10/h8-9,12H,2-7,11H2,1H3. The fraction of sp³-hybridized carbons (Fsp3) is 1.00. The zero-order valence-electron chi connectivity index (χ0n) is 8.38. The quantitative estimate of drug-likeness (QED) is 0.623. The van der Waals surface area contributed by atoms with Crippen molar-refractivity contribution in [2.45, 2.75) is 38.3 Å². The Hall–Kier alpha value is -0.120. The van der Waals surface area contributed by atoms with Gasteiger partial charge in [0.25, 0.3) is 0 Å². The largest absolute Gasteiger partial charge is 0.376 e. The summed E-state index contributed by atoms with van der Waals surface area (Å²) < 4.78 is 5.75. The van der Waals surface area contributed by atoms with Gasteiger partial charge in [-0.2, -0.15) is 0 Å². The summed E-state index contributed by atoms with van der Waals surface area (Å²) in [7, 11) is 0. The van der Waals surface area contributed by atoms with Crippen LogP contribution in [0.5, 0.6) is 0 Å². The number of rotatable bonds is 1. The van der Waals surface area contributed by atoms with E-state index in [9.17, 15) is 0 Å². The van der Waals surface area contributed by atoms with E-state index in [1.807, 2.05) is 0 Å². The molecule has 0 aromatic heterocycles. The first kappa shape index (κ1) is 9.44. The van der Waals surface area contributed by atoms with Gasteiger partial charge in [-0.05, 0) is 32.4 Å². The molecule has 0 saturated carbocycles. The van der Waals surface area contributed by atoms with E-state index in [0.29, 0.717) is 11.5 Å². The van der Waals surface area contributed by atoms with Gasteiger partial charge in [-0.1, -0.05) is 6.92 Å². The van der Waals surface area contributed by atoms with Crippen LogP contribution >= 0.6 is 0 Å². The van der Waals surface area contributed by atoms with E-state index in [1.165, 1.54) is 12.8 Å². The van der Waals surface area contributed by atoms with Gasteiger partial charge < -0.3 is 15.8 Å². The second kappa shape index (κ2) is 3.56. The maximum atomic E-state index is 6.16. The van der Waals surface area contributed by atoms with E-state index in [2.05, 4.69) is 12.2 Å². The number of ether oxygens (including phenoxy) is 1. The lowest BCUT2D eigenvalue weighted by Crippen LogP contribution is -2.50. The minimum atomic E-state index is 0.263. The smallest absolute Gasteiger partial charge is 0.0646 e. The van der Waals surface area contributed by atoms with Crippen LogP contribution in [0.4, 0.5) is 0 Å². The molecule has 0 aromatic carbocycles. The molecule has 1 spiro atoms. The summed E-state index contributed by atoms with van der Waals surface area (Å²) in [5, 5.41) is 3.39. The average molecular weight is 184 g/mol. The fourth-order valence-corrected chi connectivity index (χ4v) is 2.90. The molecular formula is C10H20N2O. The molecule has 0 radical (unpaired) electrons. The Kier molecular flexibility index (Phi) is 2.58. The molecule has 2 atom stereocenters. The summed E-state index contributed by atoms with van der Waals surface area (Å²) in [5.41, 5.74) is 6.45. The van der Waals surface area contributed by atoms with Crippen LogP contribution < -0.4 is 11.1 Å². The van der Waals surface area contributed by atoms with Crippen LogP contribution in [0, 0.1) is 5.41 Å². The van der Waals surface area contributed by atoms with Crippen LogP contribution in [0.3, 0.4) is 0 Å². The maximum Gasteiger partial charge on any atom is 0.0646 e. The van der Waals surface area contributed by atoms with Crippen molar-refractivity contribution in [2.75, 3.05) is 19.7 Å². The van der Waals surface area contributed by atoms with Crippen molar-refractivity contribution in [1.82, 2.24) is 5.32 Å². The van der Waals surface area contributed by atoms with E-state index >= 15 is 0 Å². The molecule has 2 aliphatic rings. The van der Waals surface area contributed by atoms with Crippen molar-refractivity contribution in [1.29, 1.82) is 0 Å². The monoisotopic (exact) mass is 184 g/mol. The minimum absolute atomic E-state index is 0.263. The predicted octanol–water partition coefficient (Wildman–Crippen LogP) is 0.492. The highest BCUT2D eigenvalue weighted by atomic mass is 16.5. The second-order valence-electron chi connectivity index (χ2n) is 4.32. The van der Waals surface area contributed by atoms with Gasteiger partial charge in [0.05, 0.1) is 12.7 Å². The lowest BCUT2D eigenvalue weighted by atomic mass is 9.70. The maximum absolute atomic E-state index is 6.16. The highest BCUT2D eigenvalue weighted by Gasteiger charge is 2.49. The van der Waals surface area contributed by atoms with Crippen molar-refractivity contribution in [3.63, 3.8) is 0 Å². The number of piperidine rings is 1. The van der Waals surface area contributed by atoms with Gasteiger partial charge in [-0.25, -0.2) is 0 Å². The topological polar surface area (TPSA) is 47.3 Å². The highest BCUT2D eigenvalue weighted by Crippen LogP contribution is 2.43. The molecule has 2 rings (SSSR count). The average Bonchev–Trinajstić information content (AvgIpc) is 2.46. The molecule has 76 valence electrons. The summed E-state index contributed by atoms with van der Waals surface area (Å²) in [6, 6.07) is 0.263. The Morgan fingerprint density at radius 2 is 2.15 bits per heavy atom. The van der Waals surface area contributed by atoms with Gasteiger partial charge in [0.2, 0.25) is 0 Å². The predicted molar refractivity (Wildman–Crippen MR) is 52.5 cm³/mol. The van der Waals surface area contributed by atoms with E-state index in [4.69, 9.17) is 10.5 Å². The molecule has 2 unspecified atom stereocenters. The van der Waals surface area contributed by atoms with E-state index in [0.717, 1.165) is 26.1 Å². The van der Waals surface area contributed by atoms with Crippen molar-refractivity contribution in [3.8, 4) is 0 Å². The third-order valence-electron chi connectivity index (χ3n) is 3.76. The van der Waals surface area contributed by atoms with Gasteiger partial charge in [0, 0.05) is 11.5 Å². The van der Waals surface area contributed by atoms with Crippen LogP contribution in [0.25, 0.3) is 0 Å². The van der Waals surface area contributed by atoms with Crippen molar-refractivity contribution >= 4 is 0 Å². The Morgan fingerprint density at radius 1 is 1.46 bits per heavy atom. The van der Waals surface area contributed by atoms with Gasteiger partial charge in [-0.3, -0.25) is 0 Å². The summed E-state index contributed by atoms with van der Waals surface area (Å²) in [4.78, 5) is 0. The van der Waals surface area contributed by atoms with Crippen LogP contribution in [0.1, 0.15) is 26.2 Å². The highest BCUT2D eigenvalue weighted by molar-refractivity contribution is 5.01. The van der Waals surface area contributed by atoms with Gasteiger partial charge in [0.15, 0.2) is 0 Å². The van der Waals surface area contributed by atoms with E-state index in [-0.39, 0.29) is 6.04 Å². The molecule has 0 bridgehead atoms. The molecular weight excluding hydrogens is 164 g/mol. The van der Waals surface area contributed by atoms with Crippen LogP contribution in [-0.2, 0) is 4.74 Å². The lowest BCUT2D eigenvalue weighted by Gasteiger charge is -2.40. The van der Waals surface area contributed by atoms with Crippen LogP contribution in [-0.4, -0.2) is 31.8 Å². The minimum Gasteiger partial charge on any atom is -0.376 e. The molecule has 2 saturated heterocycles. The zero-order valence-corrected chi connectivity index (χ0v) is 8.38. The summed E-state index contributed by atoms with van der Waals surface area (Å²) in [6.07, 6.45) is 3.89. The van der Waals surface area contributed by atoms with Gasteiger partial charge in [-0.15, -0.1) is 0 Å².